The van der Waals surface area contributed by atoms with Crippen molar-refractivity contribution >= 4 is 11.8 Å². The number of carbonyl (C=O) groups is 2. The van der Waals surface area contributed by atoms with E-state index in [4.69, 9.17) is 0 Å². The van der Waals surface area contributed by atoms with Crippen molar-refractivity contribution in [3.8, 4) is 0 Å². The van der Waals surface area contributed by atoms with Gasteiger partial charge in [-0.1, -0.05) is 24.3 Å². The number of fused-ring (bicyclic) bond motifs is 5. The highest BCUT2D eigenvalue weighted by molar-refractivity contribution is 6.06. The molecule has 0 N–H and O–H groups in total. The number of amides is 2. The lowest BCUT2D eigenvalue weighted by atomic mass is 9.72. The first-order valence-electron chi connectivity index (χ1n) is 6.22. The fourth-order valence-corrected chi connectivity index (χ4v) is 3.85. The molecule has 0 aromatic rings. The van der Waals surface area contributed by atoms with Gasteiger partial charge in [-0.05, 0) is 25.7 Å². The van der Waals surface area contributed by atoms with E-state index in [0.29, 0.717) is 0 Å². The zero-order valence-corrected chi connectivity index (χ0v) is 10.2. The Hall–Kier alpha value is -1.38. The van der Waals surface area contributed by atoms with E-state index in [-0.39, 0.29) is 35.0 Å². The average Bonchev–Trinajstić information content (AvgIpc) is 2.94. The lowest BCUT2D eigenvalue weighted by Crippen LogP contribution is -2.33. The molecule has 4 atom stereocenters. The molecule has 90 valence electrons. The van der Waals surface area contributed by atoms with Crippen molar-refractivity contribution in [2.24, 2.45) is 23.2 Å². The van der Waals surface area contributed by atoms with Crippen LogP contribution in [0.4, 0.5) is 0 Å². The quantitative estimate of drug-likeness (QED) is 0.536. The van der Waals surface area contributed by atoms with E-state index in [2.05, 4.69) is 18.2 Å². The minimum absolute atomic E-state index is 0.0244. The van der Waals surface area contributed by atoms with Crippen LogP contribution in [0.3, 0.4) is 0 Å². The van der Waals surface area contributed by atoms with Crippen LogP contribution in [0.15, 0.2) is 24.3 Å². The summed E-state index contributed by atoms with van der Waals surface area (Å²) < 4.78 is 0. The molecule has 3 heteroatoms. The molecule has 2 fully saturated rings. The van der Waals surface area contributed by atoms with E-state index < -0.39 is 0 Å². The van der Waals surface area contributed by atoms with Crippen LogP contribution >= 0.6 is 0 Å². The number of nitrogens with zero attached hydrogens (tertiary/aromatic N) is 1. The average molecular weight is 231 g/mol. The monoisotopic (exact) mass is 231 g/mol. The van der Waals surface area contributed by atoms with Gasteiger partial charge in [-0.3, -0.25) is 14.5 Å². The molecule has 3 nitrogen and oxygen atoms in total. The van der Waals surface area contributed by atoms with E-state index in [9.17, 15) is 9.59 Å². The van der Waals surface area contributed by atoms with Crippen molar-refractivity contribution < 1.29 is 9.59 Å². The predicted molar refractivity (Wildman–Crippen MR) is 63.9 cm³/mol. The highest BCUT2D eigenvalue weighted by Gasteiger charge is 2.64. The standard InChI is InChI=1S/C14H17NO2/c1-3-4-6-14-7-5-9(8-14)10-11(14)13(17)15(2)12(10)16/h3-5,7,9-11H,6,8H2,1-2H3. The Kier molecular flexibility index (Phi) is 2.09. The van der Waals surface area contributed by atoms with E-state index in [1.165, 1.54) is 4.90 Å². The Morgan fingerprint density at radius 1 is 1.47 bits per heavy atom. The molecule has 1 saturated carbocycles. The summed E-state index contributed by atoms with van der Waals surface area (Å²) in [6.45, 7) is 1.99. The van der Waals surface area contributed by atoms with Crippen molar-refractivity contribution in [2.75, 3.05) is 7.05 Å². The number of carbonyl (C=O) groups excluding carboxylic acids is 2. The summed E-state index contributed by atoms with van der Waals surface area (Å²) in [5.74, 6) is 0.147. The second-order valence-corrected chi connectivity index (χ2v) is 5.47. The third kappa shape index (κ3) is 1.17. The highest BCUT2D eigenvalue weighted by atomic mass is 16.2. The van der Waals surface area contributed by atoms with Gasteiger partial charge in [0.2, 0.25) is 11.8 Å². The fraction of sp³-hybridized carbons (Fsp3) is 0.571. The molecule has 1 aliphatic heterocycles. The Morgan fingerprint density at radius 3 is 2.94 bits per heavy atom. The minimum Gasteiger partial charge on any atom is -0.285 e. The minimum atomic E-state index is -0.105. The van der Waals surface area contributed by atoms with Gasteiger partial charge in [0, 0.05) is 12.5 Å². The molecule has 0 radical (unpaired) electrons. The molecule has 1 saturated heterocycles. The molecule has 2 aliphatic carbocycles. The molecule has 4 unspecified atom stereocenters. The second-order valence-electron chi connectivity index (χ2n) is 5.47. The third-order valence-electron chi connectivity index (χ3n) is 4.68. The van der Waals surface area contributed by atoms with Crippen LogP contribution in [0.5, 0.6) is 0 Å². The molecule has 17 heavy (non-hydrogen) atoms. The topological polar surface area (TPSA) is 37.4 Å². The van der Waals surface area contributed by atoms with Gasteiger partial charge in [0.1, 0.15) is 0 Å². The van der Waals surface area contributed by atoms with Crippen molar-refractivity contribution in [3.05, 3.63) is 24.3 Å². The molecular weight excluding hydrogens is 214 g/mol. The molecule has 0 aromatic carbocycles. The lowest BCUT2D eigenvalue weighted by Gasteiger charge is -2.29. The van der Waals surface area contributed by atoms with Crippen LogP contribution in [-0.4, -0.2) is 23.8 Å². The summed E-state index contributed by atoms with van der Waals surface area (Å²) in [6.07, 6.45) is 10.3. The van der Waals surface area contributed by atoms with Gasteiger partial charge in [0.05, 0.1) is 11.8 Å². The van der Waals surface area contributed by atoms with Crippen molar-refractivity contribution in [1.82, 2.24) is 4.90 Å². The molecule has 2 amide bonds. The smallest absolute Gasteiger partial charge is 0.233 e. The van der Waals surface area contributed by atoms with E-state index in [1.54, 1.807) is 7.05 Å². The molecule has 3 aliphatic rings. The van der Waals surface area contributed by atoms with Crippen LogP contribution in [0.25, 0.3) is 0 Å². The van der Waals surface area contributed by atoms with Crippen molar-refractivity contribution in [1.29, 1.82) is 0 Å². The molecular formula is C14H17NO2. The number of hydrogen-bond acceptors (Lipinski definition) is 2. The predicted octanol–water partition coefficient (Wildman–Crippen LogP) is 1.76. The Labute approximate surface area is 101 Å². The summed E-state index contributed by atoms with van der Waals surface area (Å²) in [5.41, 5.74) is -0.0840. The zero-order chi connectivity index (χ0) is 12.2. The summed E-state index contributed by atoms with van der Waals surface area (Å²) in [4.78, 5) is 25.6. The van der Waals surface area contributed by atoms with Gasteiger partial charge >= 0.3 is 0 Å². The molecule has 0 spiro atoms. The summed E-state index contributed by atoms with van der Waals surface area (Å²) in [7, 11) is 1.62. The van der Waals surface area contributed by atoms with Crippen LogP contribution in [0.1, 0.15) is 19.8 Å². The Balaban J connectivity index is 2.01. The molecule has 3 rings (SSSR count). The fourth-order valence-electron chi connectivity index (χ4n) is 3.85. The van der Waals surface area contributed by atoms with Gasteiger partial charge in [-0.25, -0.2) is 0 Å². The normalized spacial score (nSPS) is 43.2. The van der Waals surface area contributed by atoms with Gasteiger partial charge in [-0.15, -0.1) is 0 Å². The molecule has 2 bridgehead atoms. The second kappa shape index (κ2) is 3.31. The van der Waals surface area contributed by atoms with Crippen molar-refractivity contribution in [2.45, 2.75) is 19.8 Å². The first kappa shape index (κ1) is 10.8. The van der Waals surface area contributed by atoms with Crippen molar-refractivity contribution in [3.63, 3.8) is 0 Å². The maximum atomic E-state index is 12.2. The maximum Gasteiger partial charge on any atom is 0.233 e. The molecule has 1 heterocycles. The third-order valence-corrected chi connectivity index (χ3v) is 4.68. The largest absolute Gasteiger partial charge is 0.285 e. The van der Waals surface area contributed by atoms with E-state index >= 15 is 0 Å². The van der Waals surface area contributed by atoms with Gasteiger partial charge in [0.25, 0.3) is 0 Å². The maximum absolute atomic E-state index is 12.2. The highest BCUT2D eigenvalue weighted by Crippen LogP contribution is 2.61. The SMILES string of the molecule is CC=CCC12C=CC(C1)C1C(=O)N(C)C(=O)C12. The van der Waals surface area contributed by atoms with Gasteiger partial charge in [0.15, 0.2) is 0 Å². The number of hydrogen-bond donors (Lipinski definition) is 0. The number of allylic oxidation sites excluding steroid dienone is 4. The molecule has 0 aromatic heterocycles. The van der Waals surface area contributed by atoms with E-state index in [1.807, 2.05) is 13.0 Å². The van der Waals surface area contributed by atoms with Crippen LogP contribution in [-0.2, 0) is 9.59 Å². The van der Waals surface area contributed by atoms with Gasteiger partial charge < -0.3 is 0 Å². The van der Waals surface area contributed by atoms with Crippen LogP contribution in [0, 0.1) is 23.2 Å². The van der Waals surface area contributed by atoms with Gasteiger partial charge in [-0.2, -0.15) is 0 Å². The number of imide groups is 1. The Bertz CT molecular complexity index is 451. The summed E-state index contributed by atoms with van der Waals surface area (Å²) in [5, 5.41) is 0. The summed E-state index contributed by atoms with van der Waals surface area (Å²) in [6, 6.07) is 0. The number of likely N-dealkylation sites (tertiary alicyclic amines) is 1. The van der Waals surface area contributed by atoms with E-state index in [0.717, 1.165) is 12.8 Å². The Morgan fingerprint density at radius 2 is 2.24 bits per heavy atom. The first-order chi connectivity index (χ1) is 8.10. The zero-order valence-electron chi connectivity index (χ0n) is 10.2. The van der Waals surface area contributed by atoms with Crippen LogP contribution < -0.4 is 0 Å². The first-order valence-corrected chi connectivity index (χ1v) is 6.22. The van der Waals surface area contributed by atoms with Crippen LogP contribution in [0.2, 0.25) is 0 Å². The lowest BCUT2D eigenvalue weighted by molar-refractivity contribution is -0.139. The number of rotatable bonds is 2. The summed E-state index contributed by atoms with van der Waals surface area (Å²) >= 11 is 0.